The zero-order valence-corrected chi connectivity index (χ0v) is 10.5. The molecule has 2 rings (SSSR count). The number of aromatic nitrogens is 1. The highest BCUT2D eigenvalue weighted by molar-refractivity contribution is 7.85. The molecule has 0 aromatic carbocycles. The van der Waals surface area contributed by atoms with Gasteiger partial charge in [-0.05, 0) is 6.07 Å². The number of halogens is 1. The molecule has 1 aromatic rings. The quantitative estimate of drug-likeness (QED) is 0.871. The minimum atomic E-state index is -1.05. The summed E-state index contributed by atoms with van der Waals surface area (Å²) in [6.45, 7) is 1.26. The number of carboxylic acids is 1. The largest absolute Gasteiger partial charge is 0.478 e. The van der Waals surface area contributed by atoms with Crippen LogP contribution in [-0.4, -0.2) is 44.9 Å². The number of aromatic carboxylic acids is 1. The smallest absolute Gasteiger partial charge is 0.337 e. The Morgan fingerprint density at radius 3 is 2.65 bits per heavy atom. The number of nitrogens with zero attached hydrogens (tertiary/aromatic N) is 2. The van der Waals surface area contributed by atoms with Gasteiger partial charge in [0.1, 0.15) is 5.82 Å². The molecule has 1 N–H and O–H groups in total. The maximum atomic E-state index is 11.2. The maximum Gasteiger partial charge on any atom is 0.337 e. The Hall–Kier alpha value is -1.14. The predicted octanol–water partition coefficient (Wildman–Crippen LogP) is 1.00. The van der Waals surface area contributed by atoms with Gasteiger partial charge < -0.3 is 10.0 Å². The molecule has 1 aliphatic rings. The van der Waals surface area contributed by atoms with Crippen LogP contribution in [0.1, 0.15) is 10.4 Å². The van der Waals surface area contributed by atoms with Crippen molar-refractivity contribution in [3.05, 3.63) is 22.8 Å². The van der Waals surface area contributed by atoms with Crippen LogP contribution in [0.15, 0.2) is 12.3 Å². The predicted molar refractivity (Wildman–Crippen MR) is 66.3 cm³/mol. The number of hydrogen-bond acceptors (Lipinski definition) is 4. The highest BCUT2D eigenvalue weighted by atomic mass is 35.5. The van der Waals surface area contributed by atoms with E-state index in [1.54, 1.807) is 0 Å². The van der Waals surface area contributed by atoms with Crippen LogP contribution in [0.25, 0.3) is 0 Å². The average Bonchev–Trinajstić information content (AvgIpc) is 2.30. The molecule has 0 amide bonds. The van der Waals surface area contributed by atoms with Gasteiger partial charge >= 0.3 is 5.97 Å². The Bertz CT molecular complexity index is 471. The number of anilines is 1. The van der Waals surface area contributed by atoms with E-state index in [0.29, 0.717) is 35.4 Å². The normalized spacial score (nSPS) is 17.1. The van der Waals surface area contributed by atoms with E-state index in [-0.39, 0.29) is 5.56 Å². The van der Waals surface area contributed by atoms with E-state index in [2.05, 4.69) is 4.98 Å². The van der Waals surface area contributed by atoms with Crippen LogP contribution in [0.5, 0.6) is 0 Å². The fourth-order valence-electron chi connectivity index (χ4n) is 1.63. The molecule has 0 unspecified atom stereocenters. The van der Waals surface area contributed by atoms with Crippen molar-refractivity contribution < 1.29 is 14.1 Å². The molecule has 92 valence electrons. The lowest BCUT2D eigenvalue weighted by atomic mass is 10.3. The van der Waals surface area contributed by atoms with Crippen LogP contribution in [-0.2, 0) is 10.8 Å². The molecule has 0 aliphatic carbocycles. The molecule has 0 saturated carbocycles. The highest BCUT2D eigenvalue weighted by Crippen LogP contribution is 2.25. The topological polar surface area (TPSA) is 70.5 Å². The van der Waals surface area contributed by atoms with E-state index in [4.69, 9.17) is 16.7 Å². The Morgan fingerprint density at radius 2 is 2.12 bits per heavy atom. The molecule has 1 aromatic heterocycles. The Morgan fingerprint density at radius 1 is 1.47 bits per heavy atom. The number of carboxylic acid groups (broad SMARTS) is 1. The van der Waals surface area contributed by atoms with Gasteiger partial charge in [0.15, 0.2) is 0 Å². The standard InChI is InChI=1S/C10H11ClN2O3S/c11-8-5-7(10(14)15)6-12-9(8)13-1-3-17(16)4-2-13/h5-6H,1-4H2,(H,14,15). The molecule has 0 radical (unpaired) electrons. The SMILES string of the molecule is O=C(O)c1cnc(N2CCS(=O)CC2)c(Cl)c1. The third-order valence-corrected chi connectivity index (χ3v) is 4.10. The number of hydrogen-bond donors (Lipinski definition) is 1. The van der Waals surface area contributed by atoms with Crippen LogP contribution in [0.2, 0.25) is 5.02 Å². The third kappa shape index (κ3) is 2.76. The minimum absolute atomic E-state index is 0.0688. The zero-order valence-electron chi connectivity index (χ0n) is 8.93. The molecule has 17 heavy (non-hydrogen) atoms. The van der Waals surface area contributed by atoms with Crippen molar-refractivity contribution in [2.45, 2.75) is 0 Å². The highest BCUT2D eigenvalue weighted by Gasteiger charge is 2.19. The van der Waals surface area contributed by atoms with E-state index in [1.165, 1.54) is 12.3 Å². The summed E-state index contributed by atoms with van der Waals surface area (Å²) in [5.41, 5.74) is 0.0688. The van der Waals surface area contributed by atoms with Gasteiger partial charge in [0, 0.05) is 41.6 Å². The van der Waals surface area contributed by atoms with E-state index in [9.17, 15) is 9.00 Å². The molecule has 5 nitrogen and oxygen atoms in total. The summed E-state index contributed by atoms with van der Waals surface area (Å²) in [4.78, 5) is 16.7. The molecule has 0 bridgehead atoms. The summed E-state index contributed by atoms with van der Waals surface area (Å²) in [7, 11) is -0.760. The molecule has 7 heteroatoms. The van der Waals surface area contributed by atoms with Crippen molar-refractivity contribution in [2.75, 3.05) is 29.5 Å². The average molecular weight is 275 g/mol. The van der Waals surface area contributed by atoms with Crippen molar-refractivity contribution in [3.8, 4) is 0 Å². The molecular weight excluding hydrogens is 264 g/mol. The summed E-state index contributed by atoms with van der Waals surface area (Å²) in [5, 5.41) is 9.11. The van der Waals surface area contributed by atoms with Crippen molar-refractivity contribution >= 4 is 34.2 Å². The maximum absolute atomic E-state index is 11.2. The lowest BCUT2D eigenvalue weighted by molar-refractivity contribution is 0.0696. The molecule has 0 atom stereocenters. The van der Waals surface area contributed by atoms with Crippen LogP contribution >= 0.6 is 11.6 Å². The Labute approximate surface area is 106 Å². The van der Waals surface area contributed by atoms with Gasteiger partial charge in [-0.25, -0.2) is 9.78 Å². The summed E-state index contributed by atoms with van der Waals surface area (Å²) in [6.07, 6.45) is 1.29. The second-order valence-corrected chi connectivity index (χ2v) is 5.77. The molecule has 1 fully saturated rings. The van der Waals surface area contributed by atoms with Crippen molar-refractivity contribution in [1.29, 1.82) is 0 Å². The van der Waals surface area contributed by atoms with Gasteiger partial charge in [-0.15, -0.1) is 0 Å². The van der Waals surface area contributed by atoms with Crippen LogP contribution in [0.4, 0.5) is 5.82 Å². The third-order valence-electron chi connectivity index (χ3n) is 2.55. The van der Waals surface area contributed by atoms with Gasteiger partial charge in [-0.1, -0.05) is 11.6 Å². The van der Waals surface area contributed by atoms with E-state index in [0.717, 1.165) is 0 Å². The second kappa shape index (κ2) is 5.01. The molecule has 2 heterocycles. The number of rotatable bonds is 2. The summed E-state index contributed by atoms with van der Waals surface area (Å²) < 4.78 is 11.2. The lowest BCUT2D eigenvalue weighted by Gasteiger charge is -2.27. The minimum Gasteiger partial charge on any atom is -0.478 e. The fraction of sp³-hybridized carbons (Fsp3) is 0.400. The molecule has 1 aliphatic heterocycles. The van der Waals surface area contributed by atoms with Gasteiger partial charge in [0.05, 0.1) is 10.6 Å². The fourth-order valence-corrected chi connectivity index (χ4v) is 2.97. The van der Waals surface area contributed by atoms with Gasteiger partial charge in [-0.3, -0.25) is 4.21 Å². The first kappa shape index (κ1) is 12.3. The first-order valence-electron chi connectivity index (χ1n) is 5.06. The van der Waals surface area contributed by atoms with Gasteiger partial charge in [0.25, 0.3) is 0 Å². The number of pyridine rings is 1. The number of carbonyl (C=O) groups is 1. The van der Waals surface area contributed by atoms with E-state index < -0.39 is 16.8 Å². The first-order chi connectivity index (χ1) is 8.08. The van der Waals surface area contributed by atoms with Crippen molar-refractivity contribution in [3.63, 3.8) is 0 Å². The Kier molecular flexibility index (Phi) is 3.63. The van der Waals surface area contributed by atoms with Crippen molar-refractivity contribution in [1.82, 2.24) is 4.98 Å². The molecule has 0 spiro atoms. The Balaban J connectivity index is 2.21. The van der Waals surface area contributed by atoms with Gasteiger partial charge in [0.2, 0.25) is 0 Å². The summed E-state index contributed by atoms with van der Waals surface area (Å²) in [5.74, 6) is 0.705. The van der Waals surface area contributed by atoms with Gasteiger partial charge in [-0.2, -0.15) is 0 Å². The zero-order chi connectivity index (χ0) is 12.4. The van der Waals surface area contributed by atoms with E-state index in [1.807, 2.05) is 4.90 Å². The van der Waals surface area contributed by atoms with Crippen LogP contribution in [0.3, 0.4) is 0 Å². The second-order valence-electron chi connectivity index (χ2n) is 3.67. The summed E-state index contributed by atoms with van der Waals surface area (Å²) in [6, 6.07) is 1.39. The van der Waals surface area contributed by atoms with Crippen LogP contribution in [0, 0.1) is 0 Å². The lowest BCUT2D eigenvalue weighted by Crippen LogP contribution is -2.38. The van der Waals surface area contributed by atoms with E-state index >= 15 is 0 Å². The first-order valence-corrected chi connectivity index (χ1v) is 6.93. The molecular formula is C10H11ClN2O3S. The van der Waals surface area contributed by atoms with Crippen LogP contribution < -0.4 is 4.90 Å². The molecule has 1 saturated heterocycles. The van der Waals surface area contributed by atoms with Crippen molar-refractivity contribution in [2.24, 2.45) is 0 Å². The monoisotopic (exact) mass is 274 g/mol. The summed E-state index contributed by atoms with van der Waals surface area (Å²) >= 11 is 6.00.